The molecular formula is C17H31NO2. The van der Waals surface area contributed by atoms with Crippen molar-refractivity contribution in [2.45, 2.75) is 71.8 Å². The molecule has 0 radical (unpaired) electrons. The Morgan fingerprint density at radius 2 is 1.60 bits per heavy atom. The van der Waals surface area contributed by atoms with Crippen molar-refractivity contribution in [1.82, 2.24) is 4.90 Å². The lowest BCUT2D eigenvalue weighted by molar-refractivity contribution is -0.134. The van der Waals surface area contributed by atoms with Crippen LogP contribution in [0.5, 0.6) is 0 Å². The minimum absolute atomic E-state index is 0.193. The molecule has 1 aliphatic heterocycles. The van der Waals surface area contributed by atoms with Gasteiger partial charge in [-0.1, -0.05) is 20.8 Å². The van der Waals surface area contributed by atoms with Crippen LogP contribution in [0.3, 0.4) is 0 Å². The first kappa shape index (κ1) is 15.8. The lowest BCUT2D eigenvalue weighted by Gasteiger charge is -2.37. The summed E-state index contributed by atoms with van der Waals surface area (Å²) in [6, 6.07) is 0. The van der Waals surface area contributed by atoms with E-state index in [2.05, 4.69) is 20.8 Å². The van der Waals surface area contributed by atoms with Gasteiger partial charge in [-0.05, 0) is 55.8 Å². The summed E-state index contributed by atoms with van der Waals surface area (Å²) in [4.78, 5) is 14.3. The zero-order valence-corrected chi connectivity index (χ0v) is 13.4. The van der Waals surface area contributed by atoms with Gasteiger partial charge in [-0.15, -0.1) is 0 Å². The van der Waals surface area contributed by atoms with Crippen LogP contribution in [-0.2, 0) is 4.79 Å². The molecule has 2 rings (SSSR count). The van der Waals surface area contributed by atoms with E-state index in [4.69, 9.17) is 0 Å². The number of rotatable bonds is 2. The van der Waals surface area contributed by atoms with Crippen molar-refractivity contribution in [2.75, 3.05) is 13.1 Å². The molecule has 0 aromatic heterocycles. The number of amides is 1. The normalized spacial score (nSPS) is 29.5. The molecule has 1 aliphatic carbocycles. The van der Waals surface area contributed by atoms with Gasteiger partial charge in [-0.25, -0.2) is 0 Å². The van der Waals surface area contributed by atoms with Crippen molar-refractivity contribution in [2.24, 2.45) is 17.3 Å². The number of hydrogen-bond acceptors (Lipinski definition) is 2. The van der Waals surface area contributed by atoms with Crippen LogP contribution >= 0.6 is 0 Å². The van der Waals surface area contributed by atoms with Crippen molar-refractivity contribution in [3.8, 4) is 0 Å². The summed E-state index contributed by atoms with van der Waals surface area (Å²) in [5.74, 6) is 1.73. The summed E-state index contributed by atoms with van der Waals surface area (Å²) in [6.45, 7) is 8.50. The molecule has 0 unspecified atom stereocenters. The van der Waals surface area contributed by atoms with E-state index in [1.165, 1.54) is 25.7 Å². The van der Waals surface area contributed by atoms with Crippen LogP contribution in [0.4, 0.5) is 0 Å². The number of aliphatic hydroxyl groups excluding tert-OH is 1. The molecule has 0 spiro atoms. The third kappa shape index (κ3) is 4.21. The molecule has 20 heavy (non-hydrogen) atoms. The maximum atomic E-state index is 12.3. The Morgan fingerprint density at radius 3 is 2.10 bits per heavy atom. The quantitative estimate of drug-likeness (QED) is 0.844. The Kier molecular flexibility index (Phi) is 5.11. The predicted molar refractivity (Wildman–Crippen MR) is 81.3 cm³/mol. The van der Waals surface area contributed by atoms with Crippen LogP contribution in [0.25, 0.3) is 0 Å². The van der Waals surface area contributed by atoms with E-state index in [1.807, 2.05) is 4.90 Å². The lowest BCUT2D eigenvalue weighted by atomic mass is 9.69. The van der Waals surface area contributed by atoms with Crippen LogP contribution < -0.4 is 0 Å². The molecule has 2 aliphatic rings. The average molecular weight is 281 g/mol. The van der Waals surface area contributed by atoms with Crippen LogP contribution in [-0.4, -0.2) is 35.1 Å². The van der Waals surface area contributed by atoms with Crippen LogP contribution in [0.15, 0.2) is 0 Å². The van der Waals surface area contributed by atoms with Gasteiger partial charge in [0, 0.05) is 19.5 Å². The van der Waals surface area contributed by atoms with Crippen molar-refractivity contribution < 1.29 is 9.90 Å². The molecule has 2 fully saturated rings. The van der Waals surface area contributed by atoms with Crippen LogP contribution in [0, 0.1) is 17.3 Å². The second kappa shape index (κ2) is 6.46. The van der Waals surface area contributed by atoms with Gasteiger partial charge in [-0.3, -0.25) is 4.79 Å². The first-order valence-corrected chi connectivity index (χ1v) is 8.32. The third-order valence-corrected chi connectivity index (χ3v) is 5.35. The Bertz CT molecular complexity index is 318. The van der Waals surface area contributed by atoms with E-state index >= 15 is 0 Å². The summed E-state index contributed by atoms with van der Waals surface area (Å²) in [5.41, 5.74) is 0.415. The third-order valence-electron chi connectivity index (χ3n) is 5.35. The maximum absolute atomic E-state index is 12.3. The molecule has 1 saturated carbocycles. The van der Waals surface area contributed by atoms with Crippen molar-refractivity contribution >= 4 is 5.91 Å². The van der Waals surface area contributed by atoms with E-state index < -0.39 is 0 Å². The molecule has 1 N–H and O–H groups in total. The Morgan fingerprint density at radius 1 is 1.05 bits per heavy atom. The molecule has 0 atom stereocenters. The van der Waals surface area contributed by atoms with Gasteiger partial charge in [0.2, 0.25) is 5.91 Å². The highest BCUT2D eigenvalue weighted by atomic mass is 16.3. The van der Waals surface area contributed by atoms with E-state index in [1.54, 1.807) is 0 Å². The molecule has 1 amide bonds. The Labute approximate surface area is 123 Å². The minimum atomic E-state index is -0.193. The second-order valence-corrected chi connectivity index (χ2v) is 7.90. The topological polar surface area (TPSA) is 40.5 Å². The van der Waals surface area contributed by atoms with Gasteiger partial charge < -0.3 is 10.0 Å². The summed E-state index contributed by atoms with van der Waals surface area (Å²) in [7, 11) is 0. The van der Waals surface area contributed by atoms with Gasteiger partial charge >= 0.3 is 0 Å². The molecule has 3 heteroatoms. The number of piperidine rings is 1. The maximum Gasteiger partial charge on any atom is 0.222 e. The average Bonchev–Trinajstić information content (AvgIpc) is 2.39. The Balaban J connectivity index is 1.74. The van der Waals surface area contributed by atoms with E-state index in [-0.39, 0.29) is 6.10 Å². The number of carbonyl (C=O) groups is 1. The van der Waals surface area contributed by atoms with Crippen molar-refractivity contribution in [1.29, 1.82) is 0 Å². The predicted octanol–water partition coefficient (Wildman–Crippen LogP) is 3.21. The summed E-state index contributed by atoms with van der Waals surface area (Å²) >= 11 is 0. The highest BCUT2D eigenvalue weighted by molar-refractivity contribution is 5.76. The molecule has 1 saturated heterocycles. The van der Waals surface area contributed by atoms with Gasteiger partial charge in [0.05, 0.1) is 6.10 Å². The lowest BCUT2D eigenvalue weighted by Crippen LogP contribution is -2.41. The first-order chi connectivity index (χ1) is 9.36. The zero-order valence-electron chi connectivity index (χ0n) is 13.4. The summed E-state index contributed by atoms with van der Waals surface area (Å²) in [5, 5.41) is 9.50. The van der Waals surface area contributed by atoms with Gasteiger partial charge in [-0.2, -0.15) is 0 Å². The number of nitrogens with zero attached hydrogens (tertiary/aromatic N) is 1. The fourth-order valence-electron chi connectivity index (χ4n) is 3.72. The van der Waals surface area contributed by atoms with Crippen LogP contribution in [0.2, 0.25) is 0 Å². The highest BCUT2D eigenvalue weighted by Crippen LogP contribution is 2.40. The smallest absolute Gasteiger partial charge is 0.222 e. The van der Waals surface area contributed by atoms with E-state index in [9.17, 15) is 9.90 Å². The molecule has 3 nitrogen and oxygen atoms in total. The molecule has 116 valence electrons. The fourth-order valence-corrected chi connectivity index (χ4v) is 3.72. The standard InChI is InChI=1S/C17H31NO2/c1-17(2,3)14-6-4-13(5-7-14)12-16(20)18-10-8-15(19)9-11-18/h13-15,19H,4-12H2,1-3H3. The first-order valence-electron chi connectivity index (χ1n) is 8.32. The number of carbonyl (C=O) groups excluding carboxylic acids is 1. The van der Waals surface area contributed by atoms with E-state index in [0.29, 0.717) is 17.2 Å². The Hall–Kier alpha value is -0.570. The fraction of sp³-hybridized carbons (Fsp3) is 0.941. The minimum Gasteiger partial charge on any atom is -0.393 e. The van der Waals surface area contributed by atoms with E-state index in [0.717, 1.165) is 38.3 Å². The van der Waals surface area contributed by atoms with Crippen LogP contribution in [0.1, 0.15) is 65.7 Å². The van der Waals surface area contributed by atoms with Gasteiger partial charge in [0.1, 0.15) is 0 Å². The zero-order chi connectivity index (χ0) is 14.8. The van der Waals surface area contributed by atoms with Gasteiger partial charge in [0.25, 0.3) is 0 Å². The molecule has 0 aromatic rings. The van der Waals surface area contributed by atoms with Gasteiger partial charge in [0.15, 0.2) is 0 Å². The highest BCUT2D eigenvalue weighted by Gasteiger charge is 2.31. The van der Waals surface area contributed by atoms with Crippen molar-refractivity contribution in [3.63, 3.8) is 0 Å². The summed E-state index contributed by atoms with van der Waals surface area (Å²) in [6.07, 6.45) is 7.02. The second-order valence-electron chi connectivity index (χ2n) is 7.90. The molecule has 0 bridgehead atoms. The number of aliphatic hydroxyl groups is 1. The van der Waals surface area contributed by atoms with Crippen molar-refractivity contribution in [3.05, 3.63) is 0 Å². The molecule has 0 aromatic carbocycles. The largest absolute Gasteiger partial charge is 0.393 e. The number of hydrogen-bond donors (Lipinski definition) is 1. The summed E-state index contributed by atoms with van der Waals surface area (Å²) < 4.78 is 0. The molecule has 1 heterocycles. The molecular weight excluding hydrogens is 250 g/mol. The number of likely N-dealkylation sites (tertiary alicyclic amines) is 1. The monoisotopic (exact) mass is 281 g/mol. The SMILES string of the molecule is CC(C)(C)C1CCC(CC(=O)N2CCC(O)CC2)CC1.